The van der Waals surface area contributed by atoms with Crippen molar-refractivity contribution in [3.8, 4) is 11.5 Å². The first-order valence-electron chi connectivity index (χ1n) is 10.5. The van der Waals surface area contributed by atoms with Crippen molar-refractivity contribution in [2.24, 2.45) is 0 Å². The van der Waals surface area contributed by atoms with Gasteiger partial charge in [-0.3, -0.25) is 0 Å². The highest BCUT2D eigenvalue weighted by Crippen LogP contribution is 2.39. The fourth-order valence-corrected chi connectivity index (χ4v) is 3.89. The van der Waals surface area contributed by atoms with Gasteiger partial charge in [0.05, 0.1) is 0 Å². The molecular weight excluding hydrogens is 332 g/mol. The zero-order valence-corrected chi connectivity index (χ0v) is 17.5. The van der Waals surface area contributed by atoms with Crippen LogP contribution >= 0.6 is 0 Å². The minimum absolute atomic E-state index is 0.125. The molecular formula is C25H36O2. The zero-order chi connectivity index (χ0) is 19.9. The number of phenolic OH excluding ortho intramolecular Hbond substituents is 2. The minimum Gasteiger partial charge on any atom is -0.508 e. The molecule has 2 rings (SSSR count). The molecule has 2 aromatic carbocycles. The first-order valence-corrected chi connectivity index (χ1v) is 10.5. The largest absolute Gasteiger partial charge is 0.508 e. The summed E-state index contributed by atoms with van der Waals surface area (Å²) in [5.41, 5.74) is 4.16. The molecule has 0 saturated carbocycles. The maximum absolute atomic E-state index is 9.94. The van der Waals surface area contributed by atoms with Gasteiger partial charge in [0.15, 0.2) is 0 Å². The number of phenols is 2. The molecule has 2 heteroatoms. The Bertz CT molecular complexity index is 682. The molecule has 0 aliphatic rings. The van der Waals surface area contributed by atoms with Crippen molar-refractivity contribution in [3.63, 3.8) is 0 Å². The molecule has 0 bridgehead atoms. The van der Waals surface area contributed by atoms with E-state index in [1.165, 1.54) is 56.1 Å². The highest BCUT2D eigenvalue weighted by Gasteiger charge is 2.29. The first kappa shape index (κ1) is 21.3. The molecule has 0 radical (unpaired) electrons. The predicted octanol–water partition coefficient (Wildman–Crippen LogP) is 7.16. The molecule has 0 saturated heterocycles. The number of unbranched alkanes of at least 4 members (excludes halogenated alkanes) is 6. The highest BCUT2D eigenvalue weighted by molar-refractivity contribution is 5.46. The lowest BCUT2D eigenvalue weighted by Gasteiger charge is -2.32. The van der Waals surface area contributed by atoms with Crippen molar-refractivity contribution in [3.05, 3.63) is 58.7 Å². The second-order valence-corrected chi connectivity index (χ2v) is 8.21. The Balaban J connectivity index is 2.20. The van der Waals surface area contributed by atoms with Crippen LogP contribution in [0.4, 0.5) is 0 Å². The highest BCUT2D eigenvalue weighted by atomic mass is 16.3. The van der Waals surface area contributed by atoms with Gasteiger partial charge in [-0.2, -0.15) is 0 Å². The number of aromatic hydroxyl groups is 2. The summed E-state index contributed by atoms with van der Waals surface area (Å²) in [6, 6.07) is 11.9. The normalized spacial score (nSPS) is 11.7. The lowest BCUT2D eigenvalue weighted by molar-refractivity contribution is 0.456. The molecule has 2 aromatic rings. The zero-order valence-electron chi connectivity index (χ0n) is 17.5. The summed E-state index contributed by atoms with van der Waals surface area (Å²) in [5, 5.41) is 19.9. The fraction of sp³-hybridized carbons (Fsp3) is 0.520. The summed E-state index contributed by atoms with van der Waals surface area (Å²) in [7, 11) is 0. The van der Waals surface area contributed by atoms with Gasteiger partial charge in [0.2, 0.25) is 0 Å². The molecule has 0 heterocycles. The number of hydrogen-bond acceptors (Lipinski definition) is 2. The number of benzene rings is 2. The van der Waals surface area contributed by atoms with E-state index in [9.17, 15) is 10.2 Å². The first-order chi connectivity index (χ1) is 12.9. The van der Waals surface area contributed by atoms with Crippen molar-refractivity contribution in [2.75, 3.05) is 0 Å². The van der Waals surface area contributed by atoms with Crippen molar-refractivity contribution >= 4 is 0 Å². The Morgan fingerprint density at radius 2 is 1.15 bits per heavy atom. The van der Waals surface area contributed by atoms with Gasteiger partial charge in [-0.05, 0) is 54.7 Å². The molecule has 0 unspecified atom stereocenters. The van der Waals surface area contributed by atoms with Crippen LogP contribution in [0.2, 0.25) is 0 Å². The summed E-state index contributed by atoms with van der Waals surface area (Å²) >= 11 is 0. The minimum atomic E-state index is -0.125. The Morgan fingerprint density at radius 3 is 1.59 bits per heavy atom. The van der Waals surface area contributed by atoms with Crippen LogP contribution in [0.15, 0.2) is 36.4 Å². The molecule has 0 aromatic heterocycles. The van der Waals surface area contributed by atoms with Crippen molar-refractivity contribution in [1.82, 2.24) is 0 Å². The lowest BCUT2D eigenvalue weighted by Crippen LogP contribution is -2.24. The van der Waals surface area contributed by atoms with Gasteiger partial charge in [0.25, 0.3) is 0 Å². The van der Waals surface area contributed by atoms with Gasteiger partial charge < -0.3 is 10.2 Å². The van der Waals surface area contributed by atoms with E-state index in [4.69, 9.17) is 0 Å². The van der Waals surface area contributed by atoms with E-state index in [0.717, 1.165) is 17.5 Å². The van der Waals surface area contributed by atoms with E-state index in [0.29, 0.717) is 11.5 Å². The van der Waals surface area contributed by atoms with Crippen molar-refractivity contribution in [1.29, 1.82) is 0 Å². The second-order valence-electron chi connectivity index (χ2n) is 8.21. The molecule has 2 nitrogen and oxygen atoms in total. The molecule has 0 aliphatic heterocycles. The van der Waals surface area contributed by atoms with Gasteiger partial charge in [-0.15, -0.1) is 0 Å². The van der Waals surface area contributed by atoms with E-state index in [2.05, 4.69) is 26.0 Å². The molecule has 0 fully saturated rings. The van der Waals surface area contributed by atoms with Crippen LogP contribution in [0.25, 0.3) is 0 Å². The van der Waals surface area contributed by atoms with Gasteiger partial charge in [0.1, 0.15) is 11.5 Å². The lowest BCUT2D eigenvalue weighted by atomic mass is 9.72. The van der Waals surface area contributed by atoms with E-state index < -0.39 is 0 Å². The SMILES string of the molecule is CCCCCCCCCC(C)(c1ccc(O)c(C)c1)c1ccc(O)c(C)c1. The average molecular weight is 369 g/mol. The molecule has 0 aliphatic carbocycles. The van der Waals surface area contributed by atoms with Gasteiger partial charge in [-0.1, -0.05) is 83.1 Å². The smallest absolute Gasteiger partial charge is 0.118 e. The van der Waals surface area contributed by atoms with Crippen LogP contribution in [0.3, 0.4) is 0 Å². The summed E-state index contributed by atoms with van der Waals surface area (Å²) in [6.45, 7) is 8.45. The Morgan fingerprint density at radius 1 is 0.704 bits per heavy atom. The maximum atomic E-state index is 9.94. The van der Waals surface area contributed by atoms with E-state index in [-0.39, 0.29) is 5.41 Å². The molecule has 0 atom stereocenters. The van der Waals surface area contributed by atoms with Crippen LogP contribution in [-0.4, -0.2) is 10.2 Å². The van der Waals surface area contributed by atoms with Crippen molar-refractivity contribution in [2.45, 2.75) is 84.5 Å². The van der Waals surface area contributed by atoms with Crippen LogP contribution in [-0.2, 0) is 5.41 Å². The van der Waals surface area contributed by atoms with Gasteiger partial charge in [-0.25, -0.2) is 0 Å². The van der Waals surface area contributed by atoms with Crippen LogP contribution in [0.1, 0.15) is 87.5 Å². The Kier molecular flexibility index (Phi) is 7.77. The molecule has 148 valence electrons. The molecule has 2 N–H and O–H groups in total. The molecule has 27 heavy (non-hydrogen) atoms. The standard InChI is InChI=1S/C25H36O2/c1-5-6-7-8-9-10-11-16-25(4,21-12-14-23(26)19(2)17-21)22-13-15-24(27)20(3)18-22/h12-15,17-18,26-27H,5-11,16H2,1-4H3. The maximum Gasteiger partial charge on any atom is 0.118 e. The van der Waals surface area contributed by atoms with Crippen LogP contribution in [0.5, 0.6) is 11.5 Å². The number of aryl methyl sites for hydroxylation is 2. The summed E-state index contributed by atoms with van der Waals surface area (Å²) in [6.07, 6.45) is 10.1. The average Bonchev–Trinajstić information content (AvgIpc) is 2.65. The second kappa shape index (κ2) is 9.82. The quantitative estimate of drug-likeness (QED) is 0.437. The third-order valence-corrected chi connectivity index (χ3v) is 5.95. The van der Waals surface area contributed by atoms with E-state index in [1.54, 1.807) is 12.1 Å². The third-order valence-electron chi connectivity index (χ3n) is 5.95. The Hall–Kier alpha value is -1.96. The summed E-state index contributed by atoms with van der Waals surface area (Å²) in [5.74, 6) is 0.692. The van der Waals surface area contributed by atoms with Crippen LogP contribution in [0, 0.1) is 13.8 Å². The third kappa shape index (κ3) is 5.51. The molecule has 0 amide bonds. The topological polar surface area (TPSA) is 40.5 Å². The van der Waals surface area contributed by atoms with Gasteiger partial charge in [0, 0.05) is 5.41 Å². The number of rotatable bonds is 10. The van der Waals surface area contributed by atoms with E-state index in [1.807, 2.05) is 26.0 Å². The van der Waals surface area contributed by atoms with Gasteiger partial charge >= 0.3 is 0 Å². The number of hydrogen-bond donors (Lipinski definition) is 2. The van der Waals surface area contributed by atoms with Crippen LogP contribution < -0.4 is 0 Å². The predicted molar refractivity (Wildman–Crippen MR) is 115 cm³/mol. The van der Waals surface area contributed by atoms with E-state index >= 15 is 0 Å². The molecule has 0 spiro atoms. The summed E-state index contributed by atoms with van der Waals surface area (Å²) < 4.78 is 0. The van der Waals surface area contributed by atoms with Crippen molar-refractivity contribution < 1.29 is 10.2 Å². The summed E-state index contributed by atoms with van der Waals surface area (Å²) in [4.78, 5) is 0. The Labute approximate surface area is 165 Å². The monoisotopic (exact) mass is 368 g/mol. The fourth-order valence-electron chi connectivity index (χ4n) is 3.89.